The minimum absolute atomic E-state index is 0.272. The van der Waals surface area contributed by atoms with E-state index in [0.717, 1.165) is 6.07 Å². The molecule has 94 valence electrons. The van der Waals surface area contributed by atoms with Gasteiger partial charge in [-0.2, -0.15) is 0 Å². The van der Waals surface area contributed by atoms with Gasteiger partial charge in [0.25, 0.3) is 11.8 Å². The third-order valence-electron chi connectivity index (χ3n) is 1.94. The molecule has 0 aliphatic heterocycles. The normalized spacial score (nSPS) is 11.4. The Hall–Kier alpha value is -1.27. The molecular formula is C10H9ClF3NO2. The molecule has 2 N–H and O–H groups in total. The SMILES string of the molecule is O=C(NCC(F)(F)CO)c1cccc(Cl)c1F. The van der Waals surface area contributed by atoms with E-state index >= 15 is 0 Å². The number of benzene rings is 1. The van der Waals surface area contributed by atoms with Crippen LogP contribution in [-0.2, 0) is 0 Å². The van der Waals surface area contributed by atoms with E-state index in [0.29, 0.717) is 0 Å². The van der Waals surface area contributed by atoms with Gasteiger partial charge in [0, 0.05) is 0 Å². The number of alkyl halides is 2. The molecule has 17 heavy (non-hydrogen) atoms. The Morgan fingerprint density at radius 2 is 2.12 bits per heavy atom. The van der Waals surface area contributed by atoms with Gasteiger partial charge in [-0.05, 0) is 12.1 Å². The highest BCUT2D eigenvalue weighted by molar-refractivity contribution is 6.31. The number of hydrogen-bond acceptors (Lipinski definition) is 2. The lowest BCUT2D eigenvalue weighted by atomic mass is 10.2. The summed E-state index contributed by atoms with van der Waals surface area (Å²) in [5.41, 5.74) is -0.425. The van der Waals surface area contributed by atoms with Crippen molar-refractivity contribution in [3.8, 4) is 0 Å². The maximum absolute atomic E-state index is 13.3. The van der Waals surface area contributed by atoms with Crippen molar-refractivity contribution < 1.29 is 23.1 Å². The van der Waals surface area contributed by atoms with Gasteiger partial charge in [0.1, 0.15) is 6.61 Å². The Morgan fingerprint density at radius 3 is 2.71 bits per heavy atom. The molecule has 3 nitrogen and oxygen atoms in total. The van der Waals surface area contributed by atoms with E-state index in [1.165, 1.54) is 12.1 Å². The van der Waals surface area contributed by atoms with Crippen molar-refractivity contribution in [3.05, 3.63) is 34.6 Å². The largest absolute Gasteiger partial charge is 0.390 e. The molecule has 0 aromatic heterocycles. The standard InChI is InChI=1S/C10H9ClF3NO2/c11-7-3-1-2-6(8(7)12)9(17)15-4-10(13,14)5-16/h1-3,16H,4-5H2,(H,15,17). The quantitative estimate of drug-likeness (QED) is 0.874. The van der Waals surface area contributed by atoms with Crippen molar-refractivity contribution in [3.63, 3.8) is 0 Å². The van der Waals surface area contributed by atoms with Crippen molar-refractivity contribution in [2.45, 2.75) is 5.92 Å². The third-order valence-corrected chi connectivity index (χ3v) is 2.23. The van der Waals surface area contributed by atoms with Crippen LogP contribution in [0, 0.1) is 5.82 Å². The summed E-state index contributed by atoms with van der Waals surface area (Å²) in [5.74, 6) is -5.43. The van der Waals surface area contributed by atoms with Crippen molar-refractivity contribution in [2.24, 2.45) is 0 Å². The van der Waals surface area contributed by atoms with Crippen LogP contribution < -0.4 is 5.32 Å². The van der Waals surface area contributed by atoms with E-state index in [4.69, 9.17) is 16.7 Å². The lowest BCUT2D eigenvalue weighted by Crippen LogP contribution is -2.39. The van der Waals surface area contributed by atoms with Gasteiger partial charge in [0.2, 0.25) is 0 Å². The van der Waals surface area contributed by atoms with Crippen LogP contribution in [0.5, 0.6) is 0 Å². The van der Waals surface area contributed by atoms with Crippen LogP contribution in [0.3, 0.4) is 0 Å². The fraction of sp³-hybridized carbons (Fsp3) is 0.300. The van der Waals surface area contributed by atoms with Crippen LogP contribution in [0.25, 0.3) is 0 Å². The molecule has 1 aromatic rings. The van der Waals surface area contributed by atoms with Crippen LogP contribution in [0.1, 0.15) is 10.4 Å². The van der Waals surface area contributed by atoms with E-state index in [9.17, 15) is 18.0 Å². The van der Waals surface area contributed by atoms with Gasteiger partial charge in [0.15, 0.2) is 5.82 Å². The number of carbonyl (C=O) groups is 1. The molecule has 0 saturated carbocycles. The highest BCUT2D eigenvalue weighted by Gasteiger charge is 2.28. The van der Waals surface area contributed by atoms with Crippen LogP contribution >= 0.6 is 11.6 Å². The van der Waals surface area contributed by atoms with Crippen LogP contribution in [0.15, 0.2) is 18.2 Å². The van der Waals surface area contributed by atoms with Crippen molar-refractivity contribution in [2.75, 3.05) is 13.2 Å². The summed E-state index contributed by atoms with van der Waals surface area (Å²) in [6.07, 6.45) is 0. The molecule has 0 saturated heterocycles. The smallest absolute Gasteiger partial charge is 0.287 e. The monoisotopic (exact) mass is 267 g/mol. The second-order valence-corrected chi connectivity index (χ2v) is 3.71. The molecule has 1 aromatic carbocycles. The molecule has 0 aliphatic carbocycles. The molecular weight excluding hydrogens is 259 g/mol. The number of nitrogens with one attached hydrogen (secondary N) is 1. The molecule has 1 rings (SSSR count). The molecule has 1 amide bonds. The van der Waals surface area contributed by atoms with E-state index in [2.05, 4.69) is 0 Å². The lowest BCUT2D eigenvalue weighted by molar-refractivity contribution is -0.0462. The number of halogens is 4. The lowest BCUT2D eigenvalue weighted by Gasteiger charge is -2.14. The third kappa shape index (κ3) is 3.61. The molecule has 0 bridgehead atoms. The van der Waals surface area contributed by atoms with E-state index < -0.39 is 36.4 Å². The first-order valence-corrected chi connectivity index (χ1v) is 4.96. The first-order valence-electron chi connectivity index (χ1n) is 4.58. The number of amides is 1. The summed E-state index contributed by atoms with van der Waals surface area (Å²) in [4.78, 5) is 11.4. The van der Waals surface area contributed by atoms with Crippen LogP contribution in [0.2, 0.25) is 5.02 Å². The van der Waals surface area contributed by atoms with Crippen molar-refractivity contribution >= 4 is 17.5 Å². The molecule has 0 heterocycles. The minimum Gasteiger partial charge on any atom is -0.390 e. The van der Waals surface area contributed by atoms with Crippen LogP contribution in [0.4, 0.5) is 13.2 Å². The Labute approximate surface area is 100 Å². The number of rotatable bonds is 4. The highest BCUT2D eigenvalue weighted by Crippen LogP contribution is 2.18. The Balaban J connectivity index is 2.74. The van der Waals surface area contributed by atoms with Gasteiger partial charge in [-0.25, -0.2) is 13.2 Å². The topological polar surface area (TPSA) is 49.3 Å². The molecule has 7 heteroatoms. The molecule has 0 fully saturated rings. The molecule has 0 radical (unpaired) electrons. The average Bonchev–Trinajstić information content (AvgIpc) is 2.30. The van der Waals surface area contributed by atoms with Gasteiger partial charge >= 0.3 is 0 Å². The summed E-state index contributed by atoms with van der Waals surface area (Å²) >= 11 is 5.43. The Morgan fingerprint density at radius 1 is 1.47 bits per heavy atom. The summed E-state index contributed by atoms with van der Waals surface area (Å²) < 4.78 is 38.6. The summed E-state index contributed by atoms with van der Waals surface area (Å²) in [6, 6.07) is 3.67. The number of carbonyl (C=O) groups excluding carboxylic acids is 1. The second-order valence-electron chi connectivity index (χ2n) is 3.30. The highest BCUT2D eigenvalue weighted by atomic mass is 35.5. The van der Waals surface area contributed by atoms with Crippen molar-refractivity contribution in [1.82, 2.24) is 5.32 Å². The molecule has 0 unspecified atom stereocenters. The van der Waals surface area contributed by atoms with Gasteiger partial charge < -0.3 is 10.4 Å². The Kier molecular flexibility index (Phi) is 4.36. The fourth-order valence-corrected chi connectivity index (χ4v) is 1.21. The average molecular weight is 268 g/mol. The molecule has 0 aliphatic rings. The zero-order valence-corrected chi connectivity index (χ0v) is 9.27. The van der Waals surface area contributed by atoms with E-state index in [1.807, 2.05) is 5.32 Å². The predicted octanol–water partition coefficient (Wildman–Crippen LogP) is 1.84. The maximum Gasteiger partial charge on any atom is 0.287 e. The number of aliphatic hydroxyl groups is 1. The Bertz CT molecular complexity index is 426. The van der Waals surface area contributed by atoms with Gasteiger partial charge in [-0.3, -0.25) is 4.79 Å². The summed E-state index contributed by atoms with van der Waals surface area (Å²) in [5, 5.41) is 9.82. The fourth-order valence-electron chi connectivity index (χ4n) is 1.04. The van der Waals surface area contributed by atoms with Gasteiger partial charge in [-0.1, -0.05) is 17.7 Å². The molecule has 0 atom stereocenters. The first kappa shape index (κ1) is 13.8. The van der Waals surface area contributed by atoms with E-state index in [1.54, 1.807) is 0 Å². The van der Waals surface area contributed by atoms with E-state index in [-0.39, 0.29) is 5.02 Å². The molecule has 0 spiro atoms. The van der Waals surface area contributed by atoms with Crippen LogP contribution in [-0.4, -0.2) is 30.1 Å². The maximum atomic E-state index is 13.3. The minimum atomic E-state index is -3.44. The first-order chi connectivity index (χ1) is 7.87. The summed E-state index contributed by atoms with van der Waals surface area (Å²) in [6.45, 7) is -2.47. The zero-order valence-electron chi connectivity index (χ0n) is 8.51. The second kappa shape index (κ2) is 5.37. The van der Waals surface area contributed by atoms with Gasteiger partial charge in [-0.15, -0.1) is 0 Å². The zero-order chi connectivity index (χ0) is 13.1. The van der Waals surface area contributed by atoms with Gasteiger partial charge in [0.05, 0.1) is 17.1 Å². The predicted molar refractivity (Wildman–Crippen MR) is 55.8 cm³/mol. The number of hydrogen-bond donors (Lipinski definition) is 2. The number of aliphatic hydroxyl groups excluding tert-OH is 1. The summed E-state index contributed by atoms with van der Waals surface area (Å²) in [7, 11) is 0. The van der Waals surface area contributed by atoms with Crippen molar-refractivity contribution in [1.29, 1.82) is 0 Å².